The summed E-state index contributed by atoms with van der Waals surface area (Å²) in [5.74, 6) is 0.567. The second kappa shape index (κ2) is 5.00. The van der Waals surface area contributed by atoms with Gasteiger partial charge in [-0.2, -0.15) is 0 Å². The Kier molecular flexibility index (Phi) is 3.29. The van der Waals surface area contributed by atoms with Crippen molar-refractivity contribution < 1.29 is 9.90 Å². The number of nitrogens with zero attached hydrogens (tertiary/aromatic N) is 2. The highest BCUT2D eigenvalue weighted by atomic mass is 16.3. The molecule has 1 fully saturated rings. The molecule has 0 radical (unpaired) electrons. The van der Waals surface area contributed by atoms with E-state index >= 15 is 0 Å². The molecule has 0 saturated carbocycles. The number of hydrogen-bond donors (Lipinski definition) is 2. The molecule has 0 spiro atoms. The fourth-order valence-electron chi connectivity index (χ4n) is 2.78. The highest BCUT2D eigenvalue weighted by molar-refractivity contribution is 6.00. The van der Waals surface area contributed by atoms with Gasteiger partial charge in [-0.25, -0.2) is 4.98 Å². The molecule has 110 valence electrons. The van der Waals surface area contributed by atoms with Gasteiger partial charge in [0.15, 0.2) is 0 Å². The first-order valence-electron chi connectivity index (χ1n) is 7.09. The molecule has 1 aromatic carbocycles. The molecule has 1 amide bonds. The average molecular weight is 285 g/mol. The molecule has 2 heterocycles. The van der Waals surface area contributed by atoms with Crippen LogP contribution in [-0.2, 0) is 0 Å². The normalized spacial score (nSPS) is 21.8. The van der Waals surface area contributed by atoms with Gasteiger partial charge in [-0.1, -0.05) is 24.3 Å². The van der Waals surface area contributed by atoms with E-state index in [2.05, 4.69) is 10.3 Å². The van der Waals surface area contributed by atoms with Gasteiger partial charge in [-0.3, -0.25) is 4.79 Å². The molecule has 1 aliphatic heterocycles. The van der Waals surface area contributed by atoms with Crippen LogP contribution in [-0.4, -0.2) is 46.6 Å². The largest absolute Gasteiger partial charge is 0.388 e. The van der Waals surface area contributed by atoms with Crippen LogP contribution < -0.4 is 5.32 Å². The van der Waals surface area contributed by atoms with Gasteiger partial charge >= 0.3 is 0 Å². The van der Waals surface area contributed by atoms with Crippen molar-refractivity contribution in [1.29, 1.82) is 0 Å². The van der Waals surface area contributed by atoms with E-state index in [9.17, 15) is 9.90 Å². The molecule has 5 heteroatoms. The third-order valence-electron chi connectivity index (χ3n) is 3.94. The van der Waals surface area contributed by atoms with Crippen molar-refractivity contribution in [2.24, 2.45) is 0 Å². The molecule has 21 heavy (non-hydrogen) atoms. The lowest BCUT2D eigenvalue weighted by molar-refractivity contribution is 0.0569. The first-order chi connectivity index (χ1) is 10.00. The maximum Gasteiger partial charge on any atom is 0.272 e. The maximum absolute atomic E-state index is 12.6. The molecule has 1 aromatic heterocycles. The molecule has 1 aliphatic rings. The molecule has 0 bridgehead atoms. The first kappa shape index (κ1) is 13.8. The number of aromatic nitrogens is 1. The Bertz CT molecular complexity index is 697. The zero-order valence-corrected chi connectivity index (χ0v) is 12.3. The molecule has 2 aromatic rings. The number of fused-ring (bicyclic) bond motifs is 1. The number of aliphatic hydroxyl groups is 1. The molecule has 2 N–H and O–H groups in total. The van der Waals surface area contributed by atoms with E-state index in [1.165, 1.54) is 0 Å². The van der Waals surface area contributed by atoms with E-state index < -0.39 is 5.60 Å². The Morgan fingerprint density at radius 2 is 2.19 bits per heavy atom. The first-order valence-corrected chi connectivity index (χ1v) is 7.09. The summed E-state index contributed by atoms with van der Waals surface area (Å²) < 4.78 is 0. The van der Waals surface area contributed by atoms with Crippen molar-refractivity contribution in [1.82, 2.24) is 9.88 Å². The second-order valence-corrected chi connectivity index (χ2v) is 5.80. The predicted octanol–water partition coefficient (Wildman–Crippen LogP) is 1.87. The minimum atomic E-state index is -0.793. The Labute approximate surface area is 123 Å². The van der Waals surface area contributed by atoms with Crippen LogP contribution in [0.3, 0.4) is 0 Å². The van der Waals surface area contributed by atoms with E-state index in [4.69, 9.17) is 0 Å². The molecule has 0 aliphatic carbocycles. The van der Waals surface area contributed by atoms with Crippen LogP contribution in [0.4, 0.5) is 5.82 Å². The highest BCUT2D eigenvalue weighted by Gasteiger charge is 2.34. The van der Waals surface area contributed by atoms with Crippen molar-refractivity contribution in [3.05, 3.63) is 36.0 Å². The molecular formula is C16H19N3O2. The number of likely N-dealkylation sites (tertiary alicyclic amines) is 1. The monoisotopic (exact) mass is 285 g/mol. The number of carbonyl (C=O) groups excluding carboxylic acids is 1. The van der Waals surface area contributed by atoms with Crippen LogP contribution in [0, 0.1) is 0 Å². The van der Waals surface area contributed by atoms with Gasteiger partial charge in [-0.05, 0) is 24.8 Å². The summed E-state index contributed by atoms with van der Waals surface area (Å²) in [7, 11) is 1.80. The standard InChI is InChI=1S/C16H19N3O2/c1-16(21)7-8-19(10-16)15(20)13-9-11-5-3-4-6-12(11)14(17-2)18-13/h3-6,9,21H,7-8,10H2,1-2H3,(H,17,18). The summed E-state index contributed by atoms with van der Waals surface area (Å²) in [5.41, 5.74) is -0.381. The number of amides is 1. The Balaban J connectivity index is 1.99. The smallest absolute Gasteiger partial charge is 0.272 e. The van der Waals surface area contributed by atoms with Gasteiger partial charge in [-0.15, -0.1) is 0 Å². The third kappa shape index (κ3) is 2.56. The summed E-state index contributed by atoms with van der Waals surface area (Å²) in [6.45, 7) is 2.68. The molecule has 5 nitrogen and oxygen atoms in total. The quantitative estimate of drug-likeness (QED) is 0.884. The number of rotatable bonds is 2. The van der Waals surface area contributed by atoms with Crippen molar-refractivity contribution in [2.75, 3.05) is 25.5 Å². The van der Waals surface area contributed by atoms with Crippen LogP contribution in [0.5, 0.6) is 0 Å². The van der Waals surface area contributed by atoms with E-state index in [1.54, 1.807) is 18.9 Å². The maximum atomic E-state index is 12.6. The number of carbonyl (C=O) groups is 1. The molecule has 1 saturated heterocycles. The fourth-order valence-corrected chi connectivity index (χ4v) is 2.78. The number of anilines is 1. The van der Waals surface area contributed by atoms with E-state index in [0.29, 0.717) is 31.0 Å². The topological polar surface area (TPSA) is 65.5 Å². The lowest BCUT2D eigenvalue weighted by atomic mass is 10.1. The van der Waals surface area contributed by atoms with E-state index in [-0.39, 0.29) is 5.91 Å². The number of β-amino-alcohol motifs (C(OH)–C–C–N with tert-alkyl or cyclic N) is 1. The summed E-state index contributed by atoms with van der Waals surface area (Å²) in [6.07, 6.45) is 0.602. The minimum Gasteiger partial charge on any atom is -0.388 e. The van der Waals surface area contributed by atoms with Crippen molar-refractivity contribution in [3.63, 3.8) is 0 Å². The van der Waals surface area contributed by atoms with Gasteiger partial charge in [0.25, 0.3) is 5.91 Å². The van der Waals surface area contributed by atoms with Crippen LogP contribution in [0.15, 0.2) is 30.3 Å². The van der Waals surface area contributed by atoms with Crippen LogP contribution >= 0.6 is 0 Å². The lowest BCUT2D eigenvalue weighted by Crippen LogP contribution is -2.34. The number of nitrogens with one attached hydrogen (secondary N) is 1. The van der Waals surface area contributed by atoms with Crippen molar-refractivity contribution in [3.8, 4) is 0 Å². The van der Waals surface area contributed by atoms with Gasteiger partial charge in [0, 0.05) is 25.5 Å². The Morgan fingerprint density at radius 3 is 2.86 bits per heavy atom. The Morgan fingerprint density at radius 1 is 1.43 bits per heavy atom. The van der Waals surface area contributed by atoms with E-state index in [1.807, 2.05) is 30.3 Å². The molecule has 1 unspecified atom stereocenters. The number of pyridine rings is 1. The van der Waals surface area contributed by atoms with Gasteiger partial charge in [0.1, 0.15) is 11.5 Å². The SMILES string of the molecule is CNc1nc(C(=O)N2CCC(C)(O)C2)cc2ccccc12. The van der Waals surface area contributed by atoms with Gasteiger partial charge < -0.3 is 15.3 Å². The fraction of sp³-hybridized carbons (Fsp3) is 0.375. The van der Waals surface area contributed by atoms with Gasteiger partial charge in [0.05, 0.1) is 5.60 Å². The predicted molar refractivity (Wildman–Crippen MR) is 82.4 cm³/mol. The Hall–Kier alpha value is -2.14. The zero-order valence-electron chi connectivity index (χ0n) is 12.3. The number of hydrogen-bond acceptors (Lipinski definition) is 4. The average Bonchev–Trinajstić information content (AvgIpc) is 2.85. The summed E-state index contributed by atoms with van der Waals surface area (Å²) in [4.78, 5) is 18.7. The summed E-state index contributed by atoms with van der Waals surface area (Å²) >= 11 is 0. The van der Waals surface area contributed by atoms with Crippen LogP contribution in [0.1, 0.15) is 23.8 Å². The highest BCUT2D eigenvalue weighted by Crippen LogP contribution is 2.25. The van der Waals surface area contributed by atoms with E-state index in [0.717, 1.165) is 10.8 Å². The summed E-state index contributed by atoms with van der Waals surface area (Å²) in [6, 6.07) is 9.64. The third-order valence-corrected chi connectivity index (χ3v) is 3.94. The second-order valence-electron chi connectivity index (χ2n) is 5.80. The molecular weight excluding hydrogens is 266 g/mol. The zero-order chi connectivity index (χ0) is 15.0. The van der Waals surface area contributed by atoms with Crippen molar-refractivity contribution >= 4 is 22.5 Å². The number of benzene rings is 1. The molecule has 3 rings (SSSR count). The van der Waals surface area contributed by atoms with Crippen LogP contribution in [0.2, 0.25) is 0 Å². The van der Waals surface area contributed by atoms with Crippen LogP contribution in [0.25, 0.3) is 10.8 Å². The van der Waals surface area contributed by atoms with Crippen molar-refractivity contribution in [2.45, 2.75) is 18.9 Å². The minimum absolute atomic E-state index is 0.130. The summed E-state index contributed by atoms with van der Waals surface area (Å²) in [5, 5.41) is 15.0. The lowest BCUT2D eigenvalue weighted by Gasteiger charge is -2.19. The van der Waals surface area contributed by atoms with Gasteiger partial charge in [0.2, 0.25) is 0 Å². The molecule has 1 atom stereocenters.